The van der Waals surface area contributed by atoms with Gasteiger partial charge in [-0.2, -0.15) is 0 Å². The number of aromatic nitrogens is 1. The summed E-state index contributed by atoms with van der Waals surface area (Å²) in [5, 5.41) is 10.8. The zero-order chi connectivity index (χ0) is 14.4. The van der Waals surface area contributed by atoms with E-state index in [0.29, 0.717) is 18.9 Å². The molecule has 0 unspecified atom stereocenters. The molecule has 0 fully saturated rings. The van der Waals surface area contributed by atoms with E-state index < -0.39 is 4.92 Å². The number of esters is 1. The number of carbonyl (C=O) groups excluding carboxylic acids is 1. The maximum atomic E-state index is 11.1. The molecule has 7 nitrogen and oxygen atoms in total. The topological polar surface area (TPSA) is 85.6 Å². The Morgan fingerprint density at radius 1 is 1.63 bits per heavy atom. The molecule has 0 aromatic carbocycles. The van der Waals surface area contributed by atoms with Gasteiger partial charge in [-0.1, -0.05) is 11.6 Å². The molecule has 0 aliphatic rings. The molecule has 0 aliphatic heterocycles. The number of rotatable bonds is 6. The van der Waals surface area contributed by atoms with Gasteiger partial charge in [0, 0.05) is 19.2 Å². The average molecular weight is 288 g/mol. The van der Waals surface area contributed by atoms with Crippen molar-refractivity contribution in [3.05, 3.63) is 27.4 Å². The monoisotopic (exact) mass is 287 g/mol. The smallest absolute Gasteiger partial charge is 0.307 e. The Morgan fingerprint density at radius 2 is 2.32 bits per heavy atom. The van der Waals surface area contributed by atoms with Crippen LogP contribution in [-0.2, 0) is 9.53 Å². The van der Waals surface area contributed by atoms with Crippen LogP contribution in [0.3, 0.4) is 0 Å². The zero-order valence-corrected chi connectivity index (χ0v) is 11.4. The molecular formula is C11H14ClN3O4. The first kappa shape index (κ1) is 15.2. The quantitative estimate of drug-likeness (QED) is 0.452. The molecule has 1 heterocycles. The van der Waals surface area contributed by atoms with Crippen molar-refractivity contribution < 1.29 is 14.5 Å². The number of nitrogens with zero attached hydrogens (tertiary/aromatic N) is 3. The molecule has 0 bridgehead atoms. The van der Waals surface area contributed by atoms with Crippen molar-refractivity contribution in [1.82, 2.24) is 4.98 Å². The fraction of sp³-hybridized carbons (Fsp3) is 0.455. The Labute approximate surface area is 115 Å². The summed E-state index contributed by atoms with van der Waals surface area (Å²) in [6.07, 6.45) is 1.33. The first-order valence-corrected chi connectivity index (χ1v) is 5.99. The number of hydrogen-bond acceptors (Lipinski definition) is 6. The van der Waals surface area contributed by atoms with Crippen LogP contribution >= 0.6 is 11.6 Å². The molecule has 0 saturated heterocycles. The van der Waals surface area contributed by atoms with Crippen LogP contribution in [0.1, 0.15) is 13.3 Å². The van der Waals surface area contributed by atoms with Crippen molar-refractivity contribution >= 4 is 29.1 Å². The highest BCUT2D eigenvalue weighted by Crippen LogP contribution is 2.27. The van der Waals surface area contributed by atoms with E-state index in [-0.39, 0.29) is 23.1 Å². The second kappa shape index (κ2) is 6.89. The Morgan fingerprint density at radius 3 is 2.79 bits per heavy atom. The molecule has 0 amide bonds. The Kier molecular flexibility index (Phi) is 5.50. The van der Waals surface area contributed by atoms with Gasteiger partial charge >= 0.3 is 5.97 Å². The number of hydrogen-bond donors (Lipinski definition) is 0. The molecule has 0 radical (unpaired) electrons. The van der Waals surface area contributed by atoms with E-state index in [1.165, 1.54) is 13.2 Å². The highest BCUT2D eigenvalue weighted by molar-refractivity contribution is 6.33. The lowest BCUT2D eigenvalue weighted by Crippen LogP contribution is -2.27. The van der Waals surface area contributed by atoms with Crippen LogP contribution in [0.25, 0.3) is 0 Å². The van der Waals surface area contributed by atoms with Crippen molar-refractivity contribution in [2.24, 2.45) is 0 Å². The summed E-state index contributed by atoms with van der Waals surface area (Å²) in [6, 6.07) is 1.24. The van der Waals surface area contributed by atoms with E-state index in [1.807, 2.05) is 6.92 Å². The molecule has 19 heavy (non-hydrogen) atoms. The van der Waals surface area contributed by atoms with Crippen molar-refractivity contribution in [2.75, 3.05) is 25.1 Å². The van der Waals surface area contributed by atoms with Gasteiger partial charge in [0.25, 0.3) is 5.69 Å². The molecule has 0 N–H and O–H groups in total. The summed E-state index contributed by atoms with van der Waals surface area (Å²) in [6.45, 7) is 2.83. The molecule has 8 heteroatoms. The minimum absolute atomic E-state index is 0.169. The second-order valence-corrected chi connectivity index (χ2v) is 4.07. The van der Waals surface area contributed by atoms with Gasteiger partial charge in [-0.3, -0.25) is 14.9 Å². The molecule has 1 rings (SSSR count). The second-order valence-electron chi connectivity index (χ2n) is 3.66. The van der Waals surface area contributed by atoms with Gasteiger partial charge in [-0.25, -0.2) is 4.98 Å². The van der Waals surface area contributed by atoms with Gasteiger partial charge in [0.15, 0.2) is 0 Å². The van der Waals surface area contributed by atoms with Gasteiger partial charge < -0.3 is 9.64 Å². The number of pyridine rings is 1. The molecule has 1 aromatic rings. The van der Waals surface area contributed by atoms with E-state index in [0.717, 1.165) is 6.20 Å². The Bertz CT molecular complexity index is 481. The van der Waals surface area contributed by atoms with Crippen LogP contribution in [-0.4, -0.2) is 36.1 Å². The highest BCUT2D eigenvalue weighted by Gasteiger charge is 2.16. The SMILES string of the molecule is CCN(CCC(=O)OC)c1ncc([N+](=O)[O-])cc1Cl. The number of carbonyl (C=O) groups is 1. The van der Waals surface area contributed by atoms with Crippen LogP contribution in [0.2, 0.25) is 5.02 Å². The van der Waals surface area contributed by atoms with Crippen molar-refractivity contribution in [3.63, 3.8) is 0 Å². The lowest BCUT2D eigenvalue weighted by atomic mass is 10.3. The number of methoxy groups -OCH3 is 1. The van der Waals surface area contributed by atoms with Crippen LogP contribution in [0.4, 0.5) is 11.5 Å². The summed E-state index contributed by atoms with van der Waals surface area (Å²) >= 11 is 5.97. The van der Waals surface area contributed by atoms with Crippen molar-refractivity contribution in [1.29, 1.82) is 0 Å². The molecule has 0 saturated carbocycles. The lowest BCUT2D eigenvalue weighted by molar-refractivity contribution is -0.385. The largest absolute Gasteiger partial charge is 0.469 e. The standard InChI is InChI=1S/C11H14ClN3O4/c1-3-14(5-4-10(16)19-2)11-9(12)6-8(7-13-11)15(17)18/h6-7H,3-5H2,1-2H3. The fourth-order valence-corrected chi connectivity index (χ4v) is 1.78. The van der Waals surface area contributed by atoms with Gasteiger partial charge in [0.1, 0.15) is 12.0 Å². The molecule has 0 spiro atoms. The minimum atomic E-state index is -0.562. The van der Waals surface area contributed by atoms with Crippen molar-refractivity contribution in [3.8, 4) is 0 Å². The third-order valence-electron chi connectivity index (χ3n) is 2.51. The predicted molar refractivity (Wildman–Crippen MR) is 70.4 cm³/mol. The third kappa shape index (κ3) is 4.06. The number of halogens is 1. The summed E-state index contributed by atoms with van der Waals surface area (Å²) in [7, 11) is 1.32. The van der Waals surface area contributed by atoms with E-state index in [4.69, 9.17) is 11.6 Å². The molecule has 0 aliphatic carbocycles. The third-order valence-corrected chi connectivity index (χ3v) is 2.79. The van der Waals surface area contributed by atoms with Crippen LogP contribution < -0.4 is 4.90 Å². The summed E-state index contributed by atoms with van der Waals surface area (Å²) in [5.41, 5.74) is -0.169. The van der Waals surface area contributed by atoms with Crippen molar-refractivity contribution in [2.45, 2.75) is 13.3 Å². The number of nitro groups is 1. The molecule has 1 aromatic heterocycles. The van der Waals surface area contributed by atoms with E-state index >= 15 is 0 Å². The first-order valence-electron chi connectivity index (χ1n) is 5.61. The summed E-state index contributed by atoms with van der Waals surface area (Å²) in [4.78, 5) is 26.9. The van der Waals surface area contributed by atoms with Crippen LogP contribution in [0, 0.1) is 10.1 Å². The lowest BCUT2D eigenvalue weighted by Gasteiger charge is -2.22. The zero-order valence-electron chi connectivity index (χ0n) is 10.6. The Hall–Kier alpha value is -1.89. The summed E-state index contributed by atoms with van der Waals surface area (Å²) < 4.78 is 4.55. The Balaban J connectivity index is 2.86. The van der Waals surface area contributed by atoms with Gasteiger partial charge in [-0.15, -0.1) is 0 Å². The predicted octanol–water partition coefficient (Wildman–Crippen LogP) is 2.03. The van der Waals surface area contributed by atoms with Crippen LogP contribution in [0.15, 0.2) is 12.3 Å². The molecular weight excluding hydrogens is 274 g/mol. The number of ether oxygens (including phenoxy) is 1. The first-order chi connectivity index (χ1) is 8.99. The minimum Gasteiger partial charge on any atom is -0.469 e. The van der Waals surface area contributed by atoms with Crippen LogP contribution in [0.5, 0.6) is 0 Å². The van der Waals surface area contributed by atoms with E-state index in [1.54, 1.807) is 4.90 Å². The normalized spacial score (nSPS) is 10.1. The molecule has 0 atom stereocenters. The fourth-order valence-electron chi connectivity index (χ4n) is 1.50. The average Bonchev–Trinajstić information content (AvgIpc) is 2.40. The van der Waals surface area contributed by atoms with Gasteiger partial charge in [-0.05, 0) is 6.92 Å². The maximum Gasteiger partial charge on any atom is 0.307 e. The van der Waals surface area contributed by atoms with Gasteiger partial charge in [0.2, 0.25) is 0 Å². The van der Waals surface area contributed by atoms with E-state index in [9.17, 15) is 14.9 Å². The summed E-state index contributed by atoms with van der Waals surface area (Å²) in [5.74, 6) is 0.0788. The molecule has 104 valence electrons. The maximum absolute atomic E-state index is 11.1. The van der Waals surface area contributed by atoms with E-state index in [2.05, 4.69) is 9.72 Å². The highest BCUT2D eigenvalue weighted by atomic mass is 35.5. The van der Waals surface area contributed by atoms with Gasteiger partial charge in [0.05, 0.1) is 23.5 Å². The number of anilines is 1.